The van der Waals surface area contributed by atoms with Gasteiger partial charge in [0, 0.05) is 6.42 Å². The number of alkyl carbamates (subject to hydrolysis) is 1. The minimum Gasteiger partial charge on any atom is -0.490 e. The first-order chi connectivity index (χ1) is 18.8. The molecule has 39 heavy (non-hydrogen) atoms. The second-order valence-corrected chi connectivity index (χ2v) is 9.15. The molecule has 3 aromatic carbocycles. The van der Waals surface area contributed by atoms with E-state index in [4.69, 9.17) is 14.2 Å². The summed E-state index contributed by atoms with van der Waals surface area (Å²) in [4.78, 5) is 24.8. The number of benzene rings is 3. The zero-order chi connectivity index (χ0) is 28.2. The highest BCUT2D eigenvalue weighted by Gasteiger charge is 2.21. The molecule has 0 fully saturated rings. The fraction of sp³-hybridized carbons (Fsp3) is 0.323. The zero-order valence-corrected chi connectivity index (χ0v) is 23.2. The number of ether oxygens (including phenoxy) is 3. The molecule has 0 aliphatic heterocycles. The summed E-state index contributed by atoms with van der Waals surface area (Å²) < 4.78 is 16.9. The quantitative estimate of drug-likeness (QED) is 0.241. The van der Waals surface area contributed by atoms with Crippen LogP contribution in [-0.4, -0.2) is 37.5 Å². The second kappa shape index (κ2) is 14.6. The van der Waals surface area contributed by atoms with Crippen LogP contribution in [0, 0.1) is 20.8 Å². The van der Waals surface area contributed by atoms with Crippen molar-refractivity contribution in [2.75, 3.05) is 13.2 Å². The first-order valence-electron chi connectivity index (χ1n) is 13.1. The molecule has 3 rings (SSSR count). The molecule has 0 radical (unpaired) electrons. The third-order valence-corrected chi connectivity index (χ3v) is 6.04. The van der Waals surface area contributed by atoms with Crippen molar-refractivity contribution in [2.45, 2.75) is 53.7 Å². The van der Waals surface area contributed by atoms with Gasteiger partial charge in [0.1, 0.15) is 12.6 Å². The predicted molar refractivity (Wildman–Crippen MR) is 152 cm³/mol. The van der Waals surface area contributed by atoms with Crippen molar-refractivity contribution >= 4 is 18.2 Å². The first kappa shape index (κ1) is 29.2. The lowest BCUT2D eigenvalue weighted by atomic mass is 10.0. The molecule has 8 nitrogen and oxygen atoms in total. The molecule has 1 atom stereocenters. The molecular formula is C31H37N3O5. The number of aryl methyl sites for hydroxylation is 3. The second-order valence-electron chi connectivity index (χ2n) is 9.15. The van der Waals surface area contributed by atoms with Gasteiger partial charge in [0.25, 0.3) is 5.91 Å². The van der Waals surface area contributed by atoms with Crippen molar-refractivity contribution < 1.29 is 23.8 Å². The lowest BCUT2D eigenvalue weighted by molar-refractivity contribution is -0.123. The van der Waals surface area contributed by atoms with Gasteiger partial charge in [-0.15, -0.1) is 0 Å². The van der Waals surface area contributed by atoms with E-state index >= 15 is 0 Å². The standard InChI is InChI=1S/C31H37N3O5/c1-6-37-29-18-25(13-14-28(29)39-20-26-22(4)15-21(3)16-23(26)5)19-32-34-30(35)27(33-31(36)38-7-2)17-24-11-9-8-10-12-24/h8-16,18-19,27H,6-7,17,20H2,1-5H3,(H,33,36)(H,34,35)/b32-19-/t27-/m1/s1. The molecule has 0 heterocycles. The van der Waals surface area contributed by atoms with Crippen LogP contribution in [0.1, 0.15) is 47.2 Å². The number of hydrazone groups is 1. The largest absolute Gasteiger partial charge is 0.490 e. The van der Waals surface area contributed by atoms with E-state index in [-0.39, 0.29) is 6.61 Å². The van der Waals surface area contributed by atoms with Gasteiger partial charge in [0.15, 0.2) is 11.5 Å². The lowest BCUT2D eigenvalue weighted by Crippen LogP contribution is -2.47. The topological polar surface area (TPSA) is 98.2 Å². The van der Waals surface area contributed by atoms with Gasteiger partial charge in [-0.25, -0.2) is 10.2 Å². The molecule has 0 unspecified atom stereocenters. The van der Waals surface area contributed by atoms with Gasteiger partial charge in [0.2, 0.25) is 0 Å². The summed E-state index contributed by atoms with van der Waals surface area (Å²) in [6.45, 7) is 11.0. The SMILES string of the molecule is CCOC(=O)N[C@H](Cc1ccccc1)C(=O)N/N=C\c1ccc(OCc2c(C)cc(C)cc2C)c(OCC)c1. The van der Waals surface area contributed by atoms with Crippen LogP contribution in [0.3, 0.4) is 0 Å². The van der Waals surface area contributed by atoms with Crippen molar-refractivity contribution in [3.8, 4) is 11.5 Å². The van der Waals surface area contributed by atoms with Crippen LogP contribution in [0.2, 0.25) is 0 Å². The maximum Gasteiger partial charge on any atom is 0.407 e. The highest BCUT2D eigenvalue weighted by atomic mass is 16.5. The number of amides is 2. The maximum absolute atomic E-state index is 12.9. The van der Waals surface area contributed by atoms with Gasteiger partial charge in [-0.1, -0.05) is 48.0 Å². The van der Waals surface area contributed by atoms with Crippen LogP contribution in [0.15, 0.2) is 65.8 Å². The highest BCUT2D eigenvalue weighted by Crippen LogP contribution is 2.30. The molecule has 2 amide bonds. The Morgan fingerprint density at radius 1 is 0.897 bits per heavy atom. The third-order valence-electron chi connectivity index (χ3n) is 6.04. The number of hydrogen-bond donors (Lipinski definition) is 2. The van der Waals surface area contributed by atoms with E-state index in [0.29, 0.717) is 36.7 Å². The Balaban J connectivity index is 1.68. The van der Waals surface area contributed by atoms with Gasteiger partial charge >= 0.3 is 6.09 Å². The molecule has 0 aliphatic rings. The highest BCUT2D eigenvalue weighted by molar-refractivity contribution is 5.87. The van der Waals surface area contributed by atoms with Crippen molar-refractivity contribution in [1.29, 1.82) is 0 Å². The smallest absolute Gasteiger partial charge is 0.407 e. The number of rotatable bonds is 12. The summed E-state index contributed by atoms with van der Waals surface area (Å²) in [7, 11) is 0. The van der Waals surface area contributed by atoms with Crippen molar-refractivity contribution in [3.05, 3.63) is 94.0 Å². The van der Waals surface area contributed by atoms with Gasteiger partial charge in [-0.2, -0.15) is 5.10 Å². The van der Waals surface area contributed by atoms with E-state index in [9.17, 15) is 9.59 Å². The van der Waals surface area contributed by atoms with Crippen LogP contribution >= 0.6 is 0 Å². The van der Waals surface area contributed by atoms with Crippen LogP contribution < -0.4 is 20.2 Å². The minimum atomic E-state index is -0.855. The van der Waals surface area contributed by atoms with Crippen LogP contribution in [0.4, 0.5) is 4.79 Å². The lowest BCUT2D eigenvalue weighted by Gasteiger charge is -2.17. The summed E-state index contributed by atoms with van der Waals surface area (Å²) in [5.41, 5.74) is 8.88. The molecule has 0 saturated carbocycles. The van der Waals surface area contributed by atoms with Gasteiger partial charge in [-0.3, -0.25) is 4.79 Å². The molecular weight excluding hydrogens is 494 g/mol. The van der Waals surface area contributed by atoms with Crippen LogP contribution in [-0.2, 0) is 22.6 Å². The zero-order valence-electron chi connectivity index (χ0n) is 23.2. The maximum atomic E-state index is 12.9. The Hall–Kier alpha value is -4.33. The number of carbonyl (C=O) groups excluding carboxylic acids is 2. The van der Waals surface area contributed by atoms with Gasteiger partial charge < -0.3 is 19.5 Å². The molecule has 0 saturated heterocycles. The predicted octanol–water partition coefficient (Wildman–Crippen LogP) is 5.40. The van der Waals surface area contributed by atoms with Crippen LogP contribution in [0.25, 0.3) is 0 Å². The monoisotopic (exact) mass is 531 g/mol. The minimum absolute atomic E-state index is 0.204. The molecule has 206 valence electrons. The van der Waals surface area contributed by atoms with Crippen molar-refractivity contribution in [1.82, 2.24) is 10.7 Å². The molecule has 0 spiro atoms. The molecule has 2 N–H and O–H groups in total. The molecule has 8 heteroatoms. The summed E-state index contributed by atoms with van der Waals surface area (Å²) >= 11 is 0. The normalized spacial score (nSPS) is 11.6. The number of carbonyl (C=O) groups is 2. The van der Waals surface area contributed by atoms with Crippen molar-refractivity contribution in [2.24, 2.45) is 5.10 Å². The Bertz CT molecular complexity index is 1270. The fourth-order valence-corrected chi connectivity index (χ4v) is 4.20. The van der Waals surface area contributed by atoms with E-state index in [0.717, 1.165) is 11.1 Å². The Morgan fingerprint density at radius 2 is 1.62 bits per heavy atom. The molecule has 0 aliphatic carbocycles. The average molecular weight is 532 g/mol. The van der Waals surface area contributed by atoms with E-state index in [1.54, 1.807) is 6.92 Å². The van der Waals surface area contributed by atoms with Crippen molar-refractivity contribution in [3.63, 3.8) is 0 Å². The van der Waals surface area contributed by atoms with Crippen LogP contribution in [0.5, 0.6) is 11.5 Å². The summed E-state index contributed by atoms with van der Waals surface area (Å²) in [5, 5.41) is 6.70. The van der Waals surface area contributed by atoms with Gasteiger partial charge in [0.05, 0.1) is 19.4 Å². The molecule has 3 aromatic rings. The van der Waals surface area contributed by atoms with E-state index in [1.807, 2.05) is 55.5 Å². The number of nitrogens with zero attached hydrogens (tertiary/aromatic N) is 1. The van der Waals surface area contributed by atoms with Gasteiger partial charge in [-0.05, 0) is 80.6 Å². The summed E-state index contributed by atoms with van der Waals surface area (Å²) in [6, 6.07) is 18.3. The number of hydrogen-bond acceptors (Lipinski definition) is 6. The first-order valence-corrected chi connectivity index (χ1v) is 13.1. The van der Waals surface area contributed by atoms with E-state index in [1.165, 1.54) is 22.9 Å². The molecule has 0 bridgehead atoms. The Morgan fingerprint density at radius 3 is 2.28 bits per heavy atom. The average Bonchev–Trinajstić information content (AvgIpc) is 2.89. The fourth-order valence-electron chi connectivity index (χ4n) is 4.20. The van der Waals surface area contributed by atoms with E-state index in [2.05, 4.69) is 48.7 Å². The Labute approximate surface area is 230 Å². The summed E-state index contributed by atoms with van der Waals surface area (Å²) in [6.07, 6.45) is 1.15. The van der Waals surface area contributed by atoms with E-state index < -0.39 is 18.0 Å². The molecule has 0 aromatic heterocycles. The Kier molecular flexibility index (Phi) is 10.9. The number of nitrogens with one attached hydrogen (secondary N) is 2. The summed E-state index contributed by atoms with van der Waals surface area (Å²) in [5.74, 6) is 0.747. The third kappa shape index (κ3) is 8.88.